The number of aliphatic hydroxyl groups excluding tert-OH is 1. The van der Waals surface area contributed by atoms with Crippen LogP contribution in [0.5, 0.6) is 0 Å². The largest absolute Gasteiger partial charge is 0.516 e. The fourth-order valence-electron chi connectivity index (χ4n) is 4.13. The lowest BCUT2D eigenvalue weighted by Gasteiger charge is -2.51. The molecule has 132 valence electrons. The Morgan fingerprint density at radius 2 is 1.79 bits per heavy atom. The highest BCUT2D eigenvalue weighted by molar-refractivity contribution is 5.34. The van der Waals surface area contributed by atoms with E-state index in [0.717, 1.165) is 6.26 Å². The fourth-order valence-corrected chi connectivity index (χ4v) is 4.13. The lowest BCUT2D eigenvalue weighted by Crippen LogP contribution is -2.48. The molecular weight excluding hydrogens is 313 g/mol. The second-order valence-electron chi connectivity index (χ2n) is 6.92. The molecule has 1 aromatic rings. The molecule has 1 unspecified atom stereocenters. The Bertz CT molecular complexity index is 611. The normalized spacial score (nSPS) is 22.7. The van der Waals surface area contributed by atoms with Crippen LogP contribution in [0, 0.1) is 11.2 Å². The Labute approximate surface area is 141 Å². The van der Waals surface area contributed by atoms with Crippen LogP contribution in [0.4, 0.5) is 13.2 Å². The number of aliphatic hydroxyl groups is 1. The van der Waals surface area contributed by atoms with Gasteiger partial charge in [-0.1, -0.05) is 37.3 Å². The van der Waals surface area contributed by atoms with Gasteiger partial charge >= 0.3 is 0 Å². The maximum absolute atomic E-state index is 14.6. The van der Waals surface area contributed by atoms with Gasteiger partial charge in [0, 0.05) is 18.3 Å². The third-order valence-corrected chi connectivity index (χ3v) is 5.50. The molecule has 1 aromatic carbocycles. The van der Waals surface area contributed by atoms with E-state index >= 15 is 0 Å². The summed E-state index contributed by atoms with van der Waals surface area (Å²) in [5, 5.41) is 9.09. The molecule has 1 aliphatic carbocycles. The molecular formula is C20H25F3O. The Morgan fingerprint density at radius 1 is 1.17 bits per heavy atom. The minimum absolute atomic E-state index is 0.209. The van der Waals surface area contributed by atoms with Gasteiger partial charge in [-0.05, 0) is 49.3 Å². The molecule has 0 bridgehead atoms. The van der Waals surface area contributed by atoms with E-state index < -0.39 is 16.8 Å². The molecule has 0 amide bonds. The number of benzene rings is 1. The van der Waals surface area contributed by atoms with E-state index in [-0.39, 0.29) is 31.5 Å². The zero-order chi connectivity index (χ0) is 17.8. The predicted octanol–water partition coefficient (Wildman–Crippen LogP) is 6.32. The van der Waals surface area contributed by atoms with Crippen molar-refractivity contribution in [3.63, 3.8) is 0 Å². The number of allylic oxidation sites excluding steroid dienone is 3. The molecule has 2 rings (SSSR count). The van der Waals surface area contributed by atoms with Crippen molar-refractivity contribution in [2.24, 2.45) is 5.41 Å². The Balaban J connectivity index is 2.60. The molecule has 1 saturated carbocycles. The van der Waals surface area contributed by atoms with Crippen molar-refractivity contribution in [3.8, 4) is 0 Å². The minimum Gasteiger partial charge on any atom is -0.516 e. The van der Waals surface area contributed by atoms with Gasteiger partial charge in [-0.15, -0.1) is 0 Å². The topological polar surface area (TPSA) is 20.2 Å². The van der Waals surface area contributed by atoms with Gasteiger partial charge in [-0.3, -0.25) is 0 Å². The Kier molecular flexibility index (Phi) is 5.46. The van der Waals surface area contributed by atoms with E-state index in [1.807, 2.05) is 26.0 Å². The Hall–Kier alpha value is -1.71. The summed E-state index contributed by atoms with van der Waals surface area (Å²) in [6, 6.07) is 6.47. The van der Waals surface area contributed by atoms with E-state index in [9.17, 15) is 13.2 Å². The summed E-state index contributed by atoms with van der Waals surface area (Å²) in [6.45, 7) is 3.83. The molecule has 1 fully saturated rings. The lowest BCUT2D eigenvalue weighted by molar-refractivity contribution is -0.0679. The molecule has 24 heavy (non-hydrogen) atoms. The highest BCUT2D eigenvalue weighted by atomic mass is 19.3. The van der Waals surface area contributed by atoms with Crippen LogP contribution in [0.3, 0.4) is 0 Å². The Morgan fingerprint density at radius 3 is 2.33 bits per heavy atom. The van der Waals surface area contributed by atoms with Crippen LogP contribution >= 0.6 is 0 Å². The third kappa shape index (κ3) is 3.38. The van der Waals surface area contributed by atoms with Crippen molar-refractivity contribution in [2.45, 2.75) is 57.3 Å². The summed E-state index contributed by atoms with van der Waals surface area (Å²) in [5.74, 6) is -3.05. The fraction of sp³-hybridized carbons (Fsp3) is 0.500. The molecule has 0 radical (unpaired) electrons. The van der Waals surface area contributed by atoms with Crippen LogP contribution in [-0.4, -0.2) is 11.0 Å². The van der Waals surface area contributed by atoms with Crippen LogP contribution in [0.25, 0.3) is 0 Å². The average molecular weight is 338 g/mol. The highest BCUT2D eigenvalue weighted by Crippen LogP contribution is 2.57. The molecule has 0 spiro atoms. The number of alkyl halides is 2. The van der Waals surface area contributed by atoms with Gasteiger partial charge in [0.1, 0.15) is 5.82 Å². The van der Waals surface area contributed by atoms with E-state index in [2.05, 4.69) is 0 Å². The van der Waals surface area contributed by atoms with Gasteiger partial charge in [-0.2, -0.15) is 0 Å². The first-order chi connectivity index (χ1) is 11.3. The maximum Gasteiger partial charge on any atom is 0.248 e. The van der Waals surface area contributed by atoms with Crippen LogP contribution in [-0.2, 0) is 5.41 Å². The van der Waals surface area contributed by atoms with E-state index in [1.165, 1.54) is 6.07 Å². The van der Waals surface area contributed by atoms with Crippen molar-refractivity contribution >= 4 is 0 Å². The molecule has 0 saturated heterocycles. The highest BCUT2D eigenvalue weighted by Gasteiger charge is 2.53. The molecule has 1 nitrogen and oxygen atoms in total. The number of hydrogen-bond donors (Lipinski definition) is 1. The molecule has 1 N–H and O–H groups in total. The second-order valence-corrected chi connectivity index (χ2v) is 6.92. The lowest BCUT2D eigenvalue weighted by atomic mass is 9.53. The molecule has 0 aromatic heterocycles. The van der Waals surface area contributed by atoms with Crippen LogP contribution < -0.4 is 0 Å². The molecule has 1 aliphatic rings. The summed E-state index contributed by atoms with van der Waals surface area (Å²) in [5.41, 5.74) is -0.807. The van der Waals surface area contributed by atoms with Crippen LogP contribution in [0.1, 0.15) is 51.5 Å². The van der Waals surface area contributed by atoms with Gasteiger partial charge in [0.25, 0.3) is 0 Å². The molecule has 0 aliphatic heterocycles. The van der Waals surface area contributed by atoms with Gasteiger partial charge in [-0.25, -0.2) is 13.2 Å². The summed E-state index contributed by atoms with van der Waals surface area (Å²) >= 11 is 0. The number of hydrogen-bond acceptors (Lipinski definition) is 1. The zero-order valence-electron chi connectivity index (χ0n) is 14.2. The van der Waals surface area contributed by atoms with Crippen molar-refractivity contribution in [1.29, 1.82) is 0 Å². The average Bonchev–Trinajstić information content (AvgIpc) is 2.54. The summed E-state index contributed by atoms with van der Waals surface area (Å²) in [6.07, 6.45) is 6.78. The van der Waals surface area contributed by atoms with Gasteiger partial charge in [0.2, 0.25) is 5.92 Å². The summed E-state index contributed by atoms with van der Waals surface area (Å²) in [7, 11) is 0. The smallest absolute Gasteiger partial charge is 0.248 e. The van der Waals surface area contributed by atoms with E-state index in [1.54, 1.807) is 24.3 Å². The van der Waals surface area contributed by atoms with Gasteiger partial charge in [0.15, 0.2) is 0 Å². The predicted molar refractivity (Wildman–Crippen MR) is 90.8 cm³/mol. The van der Waals surface area contributed by atoms with Crippen LogP contribution in [0.15, 0.2) is 48.8 Å². The van der Waals surface area contributed by atoms with Gasteiger partial charge in [0.05, 0.1) is 6.26 Å². The third-order valence-electron chi connectivity index (χ3n) is 5.50. The van der Waals surface area contributed by atoms with E-state index in [0.29, 0.717) is 12.0 Å². The summed E-state index contributed by atoms with van der Waals surface area (Å²) < 4.78 is 42.3. The van der Waals surface area contributed by atoms with Crippen molar-refractivity contribution in [1.82, 2.24) is 0 Å². The first-order valence-corrected chi connectivity index (χ1v) is 8.36. The molecule has 1 atom stereocenters. The van der Waals surface area contributed by atoms with Crippen molar-refractivity contribution in [2.75, 3.05) is 0 Å². The quantitative estimate of drug-likeness (QED) is 0.492. The standard InChI is InChI=1S/C20H25F3O/c1-3-9-18(2,10-6-15-24)19(11-13-20(22,23)14-12-19)16-7-4-5-8-17(16)21/h3-9,15,24H,10-14H2,1-2H3/b9-3-,15-6+. The van der Waals surface area contributed by atoms with Gasteiger partial charge < -0.3 is 5.11 Å². The number of halogens is 3. The molecule has 0 heterocycles. The summed E-state index contributed by atoms with van der Waals surface area (Å²) in [4.78, 5) is 0. The number of rotatable bonds is 5. The maximum atomic E-state index is 14.6. The SMILES string of the molecule is C/C=C\C(C)(C/C=C/O)C1(c2ccccc2F)CCC(F)(F)CC1. The minimum atomic E-state index is -2.70. The van der Waals surface area contributed by atoms with Crippen molar-refractivity contribution < 1.29 is 18.3 Å². The van der Waals surface area contributed by atoms with Crippen molar-refractivity contribution in [3.05, 3.63) is 60.1 Å². The first kappa shape index (κ1) is 18.6. The van der Waals surface area contributed by atoms with E-state index in [4.69, 9.17) is 5.11 Å². The van der Waals surface area contributed by atoms with Crippen LogP contribution in [0.2, 0.25) is 0 Å². The molecule has 4 heteroatoms. The first-order valence-electron chi connectivity index (χ1n) is 8.36. The second kappa shape index (κ2) is 7.04. The monoisotopic (exact) mass is 338 g/mol. The zero-order valence-corrected chi connectivity index (χ0v) is 14.2.